The van der Waals surface area contributed by atoms with Crippen LogP contribution in [0.1, 0.15) is 25.8 Å². The minimum absolute atomic E-state index is 0.435. The molecule has 0 bridgehead atoms. The maximum Gasteiger partial charge on any atom is 0.188 e. The minimum atomic E-state index is 0.435. The number of nitrogens with zero attached hydrogens (tertiary/aromatic N) is 1. The molecule has 124 valence electrons. The van der Waals surface area contributed by atoms with E-state index < -0.39 is 0 Å². The monoisotopic (exact) mass is 309 g/mol. The van der Waals surface area contributed by atoms with E-state index in [0.717, 1.165) is 43.2 Å². The molecule has 0 aromatic heterocycles. The number of hydrogen-bond donors (Lipinski definition) is 2. The van der Waals surface area contributed by atoms with Gasteiger partial charge in [0.25, 0.3) is 0 Å². The van der Waals surface area contributed by atoms with Crippen LogP contribution in [0.4, 0.5) is 0 Å². The molecule has 1 aromatic rings. The number of hydrogen-bond acceptors (Lipinski definition) is 4. The quantitative estimate of drug-likeness (QED) is 0.392. The second-order valence-corrected chi connectivity index (χ2v) is 4.60. The maximum atomic E-state index is 5.83. The summed E-state index contributed by atoms with van der Waals surface area (Å²) in [5.74, 6) is 1.88. The van der Waals surface area contributed by atoms with Crippen LogP contribution in [0.5, 0.6) is 11.5 Å². The van der Waals surface area contributed by atoms with Gasteiger partial charge in [-0.1, -0.05) is 6.07 Å². The average molecular weight is 309 g/mol. The van der Waals surface area contributed by atoms with Crippen LogP contribution in [0, 0.1) is 0 Å². The molecule has 6 heteroatoms. The fourth-order valence-corrected chi connectivity index (χ4v) is 1.86. The molecule has 0 atom stereocenters. The van der Waals surface area contributed by atoms with Gasteiger partial charge in [-0.05, 0) is 38.0 Å². The van der Waals surface area contributed by atoms with Crippen molar-refractivity contribution in [1.82, 2.24) is 5.32 Å². The van der Waals surface area contributed by atoms with E-state index >= 15 is 0 Å². The van der Waals surface area contributed by atoms with Crippen molar-refractivity contribution >= 4 is 5.96 Å². The van der Waals surface area contributed by atoms with Crippen molar-refractivity contribution in [1.29, 1.82) is 0 Å². The first-order valence-electron chi connectivity index (χ1n) is 7.62. The highest BCUT2D eigenvalue weighted by atomic mass is 16.5. The Morgan fingerprint density at radius 3 is 2.73 bits per heavy atom. The lowest BCUT2D eigenvalue weighted by molar-refractivity contribution is 0.145. The van der Waals surface area contributed by atoms with Gasteiger partial charge in [0.2, 0.25) is 0 Å². The van der Waals surface area contributed by atoms with Gasteiger partial charge < -0.3 is 25.3 Å². The van der Waals surface area contributed by atoms with Crippen LogP contribution < -0.4 is 20.5 Å². The highest BCUT2D eigenvalue weighted by Crippen LogP contribution is 2.28. The van der Waals surface area contributed by atoms with Crippen molar-refractivity contribution in [3.63, 3.8) is 0 Å². The topological polar surface area (TPSA) is 78.1 Å². The molecule has 0 aliphatic heterocycles. The zero-order valence-electron chi connectivity index (χ0n) is 13.7. The third-order valence-electron chi connectivity index (χ3n) is 2.94. The molecule has 0 radical (unpaired) electrons. The molecular weight excluding hydrogens is 282 g/mol. The van der Waals surface area contributed by atoms with Crippen LogP contribution >= 0.6 is 0 Å². The van der Waals surface area contributed by atoms with Crippen LogP contribution in [-0.4, -0.2) is 39.4 Å². The smallest absolute Gasteiger partial charge is 0.188 e. The van der Waals surface area contributed by atoms with Gasteiger partial charge in [-0.3, -0.25) is 0 Å². The van der Waals surface area contributed by atoms with Crippen molar-refractivity contribution in [2.75, 3.05) is 33.5 Å². The zero-order valence-corrected chi connectivity index (χ0v) is 13.7. The molecule has 3 N–H and O–H groups in total. The second kappa shape index (κ2) is 10.7. The molecule has 0 amide bonds. The van der Waals surface area contributed by atoms with Crippen LogP contribution in [0.2, 0.25) is 0 Å². The Hall–Kier alpha value is -1.95. The van der Waals surface area contributed by atoms with Crippen molar-refractivity contribution in [3.8, 4) is 11.5 Å². The number of benzene rings is 1. The summed E-state index contributed by atoms with van der Waals surface area (Å²) in [6.07, 6.45) is 0.904. The van der Waals surface area contributed by atoms with Gasteiger partial charge in [0.05, 0.1) is 20.3 Å². The number of guanidine groups is 1. The molecule has 0 fully saturated rings. The van der Waals surface area contributed by atoms with Crippen molar-refractivity contribution in [2.45, 2.75) is 26.8 Å². The Balaban J connectivity index is 2.48. The predicted octanol–water partition coefficient (Wildman–Crippen LogP) is 1.92. The fourth-order valence-electron chi connectivity index (χ4n) is 1.86. The Labute approximate surface area is 132 Å². The van der Waals surface area contributed by atoms with Gasteiger partial charge in [0.1, 0.15) is 0 Å². The lowest BCUT2D eigenvalue weighted by atomic mass is 10.2. The summed E-state index contributed by atoms with van der Waals surface area (Å²) >= 11 is 0. The number of ether oxygens (including phenoxy) is 3. The van der Waals surface area contributed by atoms with E-state index in [1.165, 1.54) is 0 Å². The Kier molecular flexibility index (Phi) is 8.83. The van der Waals surface area contributed by atoms with E-state index in [-0.39, 0.29) is 0 Å². The third-order valence-corrected chi connectivity index (χ3v) is 2.94. The van der Waals surface area contributed by atoms with E-state index in [0.29, 0.717) is 19.1 Å². The Bertz CT molecular complexity index is 464. The molecule has 22 heavy (non-hydrogen) atoms. The molecule has 0 saturated heterocycles. The average Bonchev–Trinajstić information content (AvgIpc) is 2.53. The molecule has 0 heterocycles. The third kappa shape index (κ3) is 6.67. The first-order valence-corrected chi connectivity index (χ1v) is 7.62. The minimum Gasteiger partial charge on any atom is -0.493 e. The first kappa shape index (κ1) is 18.1. The highest BCUT2D eigenvalue weighted by Gasteiger charge is 2.05. The molecular formula is C16H27N3O3. The number of rotatable bonds is 10. The summed E-state index contributed by atoms with van der Waals surface area (Å²) in [5.41, 5.74) is 6.85. The van der Waals surface area contributed by atoms with E-state index in [2.05, 4.69) is 10.3 Å². The molecule has 0 aliphatic rings. The molecule has 0 unspecified atom stereocenters. The van der Waals surface area contributed by atoms with Crippen LogP contribution in [-0.2, 0) is 11.3 Å². The summed E-state index contributed by atoms with van der Waals surface area (Å²) in [4.78, 5) is 4.32. The van der Waals surface area contributed by atoms with E-state index in [9.17, 15) is 0 Å². The van der Waals surface area contributed by atoms with Gasteiger partial charge in [0.15, 0.2) is 17.5 Å². The Morgan fingerprint density at radius 2 is 2.05 bits per heavy atom. The lowest BCUT2D eigenvalue weighted by Gasteiger charge is -2.10. The fraction of sp³-hybridized carbons (Fsp3) is 0.562. The SMILES string of the molecule is CCOCCCNC(N)=NCc1ccc(OC)c(OCC)c1. The number of methoxy groups -OCH3 is 1. The normalized spacial score (nSPS) is 11.3. The number of nitrogens with two attached hydrogens (primary N) is 1. The summed E-state index contributed by atoms with van der Waals surface area (Å²) in [7, 11) is 1.62. The second-order valence-electron chi connectivity index (χ2n) is 4.60. The number of aliphatic imine (C=N–C) groups is 1. The van der Waals surface area contributed by atoms with Crippen molar-refractivity contribution in [2.24, 2.45) is 10.7 Å². The molecule has 1 rings (SSSR count). The molecule has 0 spiro atoms. The van der Waals surface area contributed by atoms with Crippen LogP contribution in [0.15, 0.2) is 23.2 Å². The predicted molar refractivity (Wildman–Crippen MR) is 88.6 cm³/mol. The van der Waals surface area contributed by atoms with Gasteiger partial charge in [-0.2, -0.15) is 0 Å². The lowest BCUT2D eigenvalue weighted by Crippen LogP contribution is -2.32. The van der Waals surface area contributed by atoms with Gasteiger partial charge in [-0.25, -0.2) is 4.99 Å². The largest absolute Gasteiger partial charge is 0.493 e. The van der Waals surface area contributed by atoms with Gasteiger partial charge >= 0.3 is 0 Å². The van der Waals surface area contributed by atoms with Crippen LogP contribution in [0.25, 0.3) is 0 Å². The first-order chi connectivity index (χ1) is 10.7. The van der Waals surface area contributed by atoms with Gasteiger partial charge in [0, 0.05) is 19.8 Å². The van der Waals surface area contributed by atoms with E-state index in [1.54, 1.807) is 7.11 Å². The Morgan fingerprint density at radius 1 is 1.23 bits per heavy atom. The molecule has 0 saturated carbocycles. The van der Waals surface area contributed by atoms with Crippen molar-refractivity contribution in [3.05, 3.63) is 23.8 Å². The summed E-state index contributed by atoms with van der Waals surface area (Å²) < 4.78 is 16.1. The van der Waals surface area contributed by atoms with Crippen molar-refractivity contribution < 1.29 is 14.2 Å². The van der Waals surface area contributed by atoms with Gasteiger partial charge in [-0.15, -0.1) is 0 Å². The number of nitrogens with one attached hydrogen (secondary N) is 1. The molecule has 0 aliphatic carbocycles. The molecule has 6 nitrogen and oxygen atoms in total. The molecule has 1 aromatic carbocycles. The van der Waals surface area contributed by atoms with Crippen LogP contribution in [0.3, 0.4) is 0 Å². The van der Waals surface area contributed by atoms with E-state index in [4.69, 9.17) is 19.9 Å². The highest BCUT2D eigenvalue weighted by molar-refractivity contribution is 5.77. The maximum absolute atomic E-state index is 5.83. The standard InChI is InChI=1S/C16H27N3O3/c1-4-21-10-6-9-18-16(17)19-12-13-7-8-14(20-3)15(11-13)22-5-2/h7-8,11H,4-6,9-10,12H2,1-3H3,(H3,17,18,19). The van der Waals surface area contributed by atoms with E-state index in [1.807, 2.05) is 32.0 Å². The summed E-state index contributed by atoms with van der Waals surface area (Å²) in [6, 6.07) is 5.75. The summed E-state index contributed by atoms with van der Waals surface area (Å²) in [5, 5.41) is 3.07. The summed E-state index contributed by atoms with van der Waals surface area (Å²) in [6.45, 7) is 7.22. The zero-order chi connectivity index (χ0) is 16.2.